The molecular formula is C14H14N2O3. The van der Waals surface area contributed by atoms with E-state index in [9.17, 15) is 4.79 Å². The van der Waals surface area contributed by atoms with E-state index in [2.05, 4.69) is 10.2 Å². The summed E-state index contributed by atoms with van der Waals surface area (Å²) in [7, 11) is 1.63. The van der Waals surface area contributed by atoms with Crippen LogP contribution in [0.25, 0.3) is 0 Å². The summed E-state index contributed by atoms with van der Waals surface area (Å²) in [5.74, 6) is 0.932. The molecule has 98 valence electrons. The van der Waals surface area contributed by atoms with Crippen LogP contribution in [-0.2, 0) is 4.79 Å². The minimum absolute atomic E-state index is 0.0130. The zero-order chi connectivity index (χ0) is 13.4. The third-order valence-corrected chi connectivity index (χ3v) is 3.41. The molecule has 0 fully saturated rings. The number of hydrogen-bond acceptors (Lipinski definition) is 4. The number of fused-ring (bicyclic) bond motifs is 1. The van der Waals surface area contributed by atoms with E-state index < -0.39 is 0 Å². The third kappa shape index (κ3) is 1.97. The fourth-order valence-corrected chi connectivity index (χ4v) is 2.44. The van der Waals surface area contributed by atoms with Gasteiger partial charge in [0.15, 0.2) is 0 Å². The number of methoxy groups -OCH3 is 1. The number of H-pyrrole nitrogens is 1. The molecule has 0 aliphatic carbocycles. The van der Waals surface area contributed by atoms with Crippen LogP contribution in [0.1, 0.15) is 29.2 Å². The van der Waals surface area contributed by atoms with E-state index in [-0.39, 0.29) is 11.9 Å². The predicted octanol–water partition coefficient (Wildman–Crippen LogP) is 2.17. The topological polar surface area (TPSA) is 64.2 Å². The van der Waals surface area contributed by atoms with Crippen molar-refractivity contribution in [2.45, 2.75) is 19.3 Å². The van der Waals surface area contributed by atoms with Gasteiger partial charge in [0.2, 0.25) is 5.88 Å². The quantitative estimate of drug-likeness (QED) is 0.838. The fraction of sp³-hybridized carbons (Fsp3) is 0.286. The van der Waals surface area contributed by atoms with E-state index in [4.69, 9.17) is 9.47 Å². The molecule has 0 saturated heterocycles. The molecule has 0 bridgehead atoms. The van der Waals surface area contributed by atoms with Crippen molar-refractivity contribution in [2.75, 3.05) is 7.11 Å². The number of esters is 1. The molecule has 2 heterocycles. The second kappa shape index (κ2) is 4.42. The summed E-state index contributed by atoms with van der Waals surface area (Å²) in [6, 6.07) is 7.73. The van der Waals surface area contributed by atoms with Gasteiger partial charge in [0, 0.05) is 17.2 Å². The van der Waals surface area contributed by atoms with E-state index in [1.54, 1.807) is 7.11 Å². The van der Waals surface area contributed by atoms with Gasteiger partial charge in [0.1, 0.15) is 5.75 Å². The highest BCUT2D eigenvalue weighted by Crippen LogP contribution is 2.39. The molecule has 2 aromatic rings. The first-order valence-corrected chi connectivity index (χ1v) is 6.08. The number of carbonyl (C=O) groups is 1. The monoisotopic (exact) mass is 258 g/mol. The molecule has 5 nitrogen and oxygen atoms in total. The maximum absolute atomic E-state index is 11.6. The molecule has 0 saturated carbocycles. The molecule has 1 N–H and O–H groups in total. The number of aromatic amines is 1. The summed E-state index contributed by atoms with van der Waals surface area (Å²) in [6.07, 6.45) is 0.333. The van der Waals surface area contributed by atoms with Crippen LogP contribution in [0, 0.1) is 6.92 Å². The number of aromatic nitrogens is 2. The number of aryl methyl sites for hydroxylation is 1. The Bertz CT molecular complexity index is 616. The van der Waals surface area contributed by atoms with Gasteiger partial charge < -0.3 is 9.47 Å². The number of hydrogen-bond donors (Lipinski definition) is 1. The van der Waals surface area contributed by atoms with Gasteiger partial charge in [-0.2, -0.15) is 0 Å². The summed E-state index contributed by atoms with van der Waals surface area (Å²) in [5, 5.41) is 6.89. The SMILES string of the molecule is COc1ccc(C2CC(=O)Oc3n[nH]c(C)c32)cc1. The van der Waals surface area contributed by atoms with Crippen LogP contribution in [0.2, 0.25) is 0 Å². The zero-order valence-electron chi connectivity index (χ0n) is 10.8. The average Bonchev–Trinajstić information content (AvgIpc) is 2.79. The Kier molecular flexibility index (Phi) is 2.74. The largest absolute Gasteiger partial charge is 0.497 e. The van der Waals surface area contributed by atoms with Gasteiger partial charge in [0.05, 0.1) is 13.5 Å². The van der Waals surface area contributed by atoms with Gasteiger partial charge in [-0.15, -0.1) is 5.10 Å². The van der Waals surface area contributed by atoms with Crippen molar-refractivity contribution in [3.8, 4) is 11.6 Å². The van der Waals surface area contributed by atoms with Crippen molar-refractivity contribution in [3.63, 3.8) is 0 Å². The summed E-state index contributed by atoms with van der Waals surface area (Å²) < 4.78 is 10.3. The summed E-state index contributed by atoms with van der Waals surface area (Å²) in [6.45, 7) is 1.93. The highest BCUT2D eigenvalue weighted by Gasteiger charge is 2.32. The van der Waals surface area contributed by atoms with Crippen molar-refractivity contribution in [1.29, 1.82) is 0 Å². The Morgan fingerprint density at radius 3 is 2.79 bits per heavy atom. The number of carbonyl (C=O) groups excluding carboxylic acids is 1. The molecule has 5 heteroatoms. The van der Waals surface area contributed by atoms with Crippen molar-refractivity contribution in [3.05, 3.63) is 41.1 Å². The smallest absolute Gasteiger partial charge is 0.313 e. The summed E-state index contributed by atoms with van der Waals surface area (Å²) in [4.78, 5) is 11.6. The first-order chi connectivity index (χ1) is 9.19. The zero-order valence-corrected chi connectivity index (χ0v) is 10.8. The minimum Gasteiger partial charge on any atom is -0.497 e. The molecule has 1 aliphatic heterocycles. The Hall–Kier alpha value is -2.30. The van der Waals surface area contributed by atoms with Gasteiger partial charge in [0.25, 0.3) is 0 Å². The number of nitrogens with one attached hydrogen (secondary N) is 1. The van der Waals surface area contributed by atoms with E-state index in [1.165, 1.54) is 0 Å². The number of ether oxygens (including phenoxy) is 2. The van der Waals surface area contributed by atoms with Crippen LogP contribution in [0.4, 0.5) is 0 Å². The van der Waals surface area contributed by atoms with E-state index >= 15 is 0 Å². The number of rotatable bonds is 2. The van der Waals surface area contributed by atoms with Crippen molar-refractivity contribution in [2.24, 2.45) is 0 Å². The molecule has 1 aliphatic rings. The van der Waals surface area contributed by atoms with Gasteiger partial charge in [-0.3, -0.25) is 9.89 Å². The number of nitrogens with zero attached hydrogens (tertiary/aromatic N) is 1. The molecule has 1 atom stereocenters. The molecule has 0 amide bonds. The second-order valence-corrected chi connectivity index (χ2v) is 4.57. The Morgan fingerprint density at radius 1 is 1.37 bits per heavy atom. The van der Waals surface area contributed by atoms with Crippen molar-refractivity contribution in [1.82, 2.24) is 10.2 Å². The van der Waals surface area contributed by atoms with Gasteiger partial charge in [-0.05, 0) is 24.6 Å². The Morgan fingerprint density at radius 2 is 2.11 bits per heavy atom. The number of benzene rings is 1. The highest BCUT2D eigenvalue weighted by molar-refractivity contribution is 5.77. The van der Waals surface area contributed by atoms with Gasteiger partial charge in [-0.1, -0.05) is 12.1 Å². The maximum Gasteiger partial charge on any atom is 0.313 e. The molecule has 19 heavy (non-hydrogen) atoms. The van der Waals surface area contributed by atoms with Crippen molar-refractivity contribution >= 4 is 5.97 Å². The Labute approximate surface area is 110 Å². The molecule has 1 unspecified atom stereocenters. The third-order valence-electron chi connectivity index (χ3n) is 3.41. The second-order valence-electron chi connectivity index (χ2n) is 4.57. The molecule has 1 aromatic heterocycles. The standard InChI is InChI=1S/C14H14N2O3/c1-8-13-11(7-12(17)19-14(13)16-15-8)9-3-5-10(18-2)6-4-9/h3-6,11H,7H2,1-2H3,(H,15,16). The van der Waals surface area contributed by atoms with Crippen LogP contribution in [-0.4, -0.2) is 23.3 Å². The Balaban J connectivity index is 2.04. The molecular weight excluding hydrogens is 244 g/mol. The van der Waals surface area contributed by atoms with Crippen LogP contribution < -0.4 is 9.47 Å². The lowest BCUT2D eigenvalue weighted by molar-refractivity contribution is -0.135. The van der Waals surface area contributed by atoms with Gasteiger partial charge >= 0.3 is 5.97 Å². The molecule has 0 spiro atoms. The summed E-state index contributed by atoms with van der Waals surface area (Å²) >= 11 is 0. The van der Waals surface area contributed by atoms with Crippen LogP contribution in [0.15, 0.2) is 24.3 Å². The molecule has 1 aromatic carbocycles. The first-order valence-electron chi connectivity index (χ1n) is 6.08. The van der Waals surface area contributed by atoms with Gasteiger partial charge in [-0.25, -0.2) is 0 Å². The fourth-order valence-electron chi connectivity index (χ4n) is 2.44. The first kappa shape index (κ1) is 11.8. The summed E-state index contributed by atoms with van der Waals surface area (Å²) in [5.41, 5.74) is 2.95. The lowest BCUT2D eigenvalue weighted by Gasteiger charge is -2.21. The molecule has 3 rings (SSSR count). The van der Waals surface area contributed by atoms with E-state index in [0.29, 0.717) is 12.3 Å². The molecule has 0 radical (unpaired) electrons. The lowest BCUT2D eigenvalue weighted by atomic mass is 9.87. The van der Waals surface area contributed by atoms with E-state index in [0.717, 1.165) is 22.6 Å². The van der Waals surface area contributed by atoms with Crippen LogP contribution in [0.5, 0.6) is 11.6 Å². The lowest BCUT2D eigenvalue weighted by Crippen LogP contribution is -2.20. The van der Waals surface area contributed by atoms with E-state index in [1.807, 2.05) is 31.2 Å². The van der Waals surface area contributed by atoms with Crippen molar-refractivity contribution < 1.29 is 14.3 Å². The normalized spacial score (nSPS) is 17.8. The predicted molar refractivity (Wildman–Crippen MR) is 68.4 cm³/mol. The average molecular weight is 258 g/mol. The van der Waals surface area contributed by atoms with Crippen LogP contribution in [0.3, 0.4) is 0 Å². The van der Waals surface area contributed by atoms with Crippen LogP contribution >= 0.6 is 0 Å². The highest BCUT2D eigenvalue weighted by atomic mass is 16.5. The maximum atomic E-state index is 11.6. The minimum atomic E-state index is -0.250.